The molecule has 0 aliphatic rings. The average molecular weight is 237 g/mol. The molecule has 1 aromatic heterocycles. The summed E-state index contributed by atoms with van der Waals surface area (Å²) in [7, 11) is 0. The van der Waals surface area contributed by atoms with Crippen LogP contribution in [0.3, 0.4) is 0 Å². The lowest BCUT2D eigenvalue weighted by molar-refractivity contribution is 0.0953. The molecule has 4 nitrogen and oxygen atoms in total. The van der Waals surface area contributed by atoms with Gasteiger partial charge in [-0.3, -0.25) is 9.78 Å². The molecule has 0 bridgehead atoms. The highest BCUT2D eigenvalue weighted by Gasteiger charge is 2.02. The van der Waals surface area contributed by atoms with Gasteiger partial charge in [0.15, 0.2) is 0 Å². The summed E-state index contributed by atoms with van der Waals surface area (Å²) in [5, 5.41) is 6.05. The Morgan fingerprint density at radius 1 is 1.24 bits per heavy atom. The first-order chi connectivity index (χ1) is 8.20. The molecule has 0 saturated heterocycles. The molecule has 1 rings (SSSR count). The number of rotatable bonds is 5. The maximum absolute atomic E-state index is 11.5. The fourth-order valence-corrected chi connectivity index (χ4v) is 1.14. The lowest BCUT2D eigenvalue weighted by Crippen LogP contribution is -2.34. The Balaban J connectivity index is 0.00000121. The molecule has 0 saturated carbocycles. The molecule has 1 aromatic rings. The maximum Gasteiger partial charge on any atom is 0.251 e. The third kappa shape index (κ3) is 7.47. The second-order valence-corrected chi connectivity index (χ2v) is 3.60. The number of amides is 1. The van der Waals surface area contributed by atoms with Gasteiger partial charge in [-0.2, -0.15) is 0 Å². The highest BCUT2D eigenvalue weighted by atomic mass is 16.1. The first-order valence-electron chi connectivity index (χ1n) is 6.12. The Hall–Kier alpha value is -1.42. The number of carbonyl (C=O) groups excluding carboxylic acids is 1. The Morgan fingerprint density at radius 2 is 1.82 bits per heavy atom. The van der Waals surface area contributed by atoms with Crippen LogP contribution in [0.25, 0.3) is 0 Å². The van der Waals surface area contributed by atoms with Crippen LogP contribution in [0.2, 0.25) is 0 Å². The summed E-state index contributed by atoms with van der Waals surface area (Å²) >= 11 is 0. The van der Waals surface area contributed by atoms with E-state index in [0.717, 1.165) is 6.54 Å². The lowest BCUT2D eigenvalue weighted by Gasteiger charge is -2.08. The van der Waals surface area contributed by atoms with Gasteiger partial charge in [0, 0.05) is 37.1 Å². The summed E-state index contributed by atoms with van der Waals surface area (Å²) in [5.74, 6) is -0.0528. The van der Waals surface area contributed by atoms with Gasteiger partial charge in [0.25, 0.3) is 5.91 Å². The summed E-state index contributed by atoms with van der Waals surface area (Å²) in [6.07, 6.45) is 3.22. The molecule has 2 N–H and O–H groups in total. The molecule has 0 aliphatic heterocycles. The summed E-state index contributed by atoms with van der Waals surface area (Å²) < 4.78 is 0. The van der Waals surface area contributed by atoms with Gasteiger partial charge in [-0.05, 0) is 12.1 Å². The SMILES string of the molecule is CC.CC(C)NCCNC(=O)c1ccncc1. The predicted octanol–water partition coefficient (Wildman–Crippen LogP) is 1.84. The zero-order valence-electron chi connectivity index (χ0n) is 11.2. The first kappa shape index (κ1) is 15.6. The molecule has 0 fully saturated rings. The molecule has 1 heterocycles. The molecule has 17 heavy (non-hydrogen) atoms. The van der Waals surface area contributed by atoms with E-state index in [-0.39, 0.29) is 5.91 Å². The number of carbonyl (C=O) groups is 1. The zero-order chi connectivity index (χ0) is 13.1. The topological polar surface area (TPSA) is 54.0 Å². The zero-order valence-corrected chi connectivity index (χ0v) is 11.2. The second kappa shape index (κ2) is 9.78. The second-order valence-electron chi connectivity index (χ2n) is 3.60. The molecule has 1 amide bonds. The number of aromatic nitrogens is 1. The third-order valence-corrected chi connectivity index (χ3v) is 1.91. The van der Waals surface area contributed by atoms with Crippen molar-refractivity contribution in [3.63, 3.8) is 0 Å². The number of hydrogen-bond acceptors (Lipinski definition) is 3. The molecule has 4 heteroatoms. The van der Waals surface area contributed by atoms with Gasteiger partial charge in [0.05, 0.1) is 0 Å². The molecule has 0 atom stereocenters. The summed E-state index contributed by atoms with van der Waals surface area (Å²) in [6.45, 7) is 9.57. The quantitative estimate of drug-likeness (QED) is 0.768. The minimum Gasteiger partial charge on any atom is -0.351 e. The van der Waals surface area contributed by atoms with Crippen molar-refractivity contribution in [2.45, 2.75) is 33.7 Å². The monoisotopic (exact) mass is 237 g/mol. The van der Waals surface area contributed by atoms with Crippen molar-refractivity contribution in [2.75, 3.05) is 13.1 Å². The Bertz CT molecular complexity index is 299. The standard InChI is InChI=1S/C11H17N3O.C2H6/c1-9(2)13-7-8-14-11(15)10-3-5-12-6-4-10;1-2/h3-6,9,13H,7-8H2,1-2H3,(H,14,15);1-2H3. The van der Waals surface area contributed by atoms with E-state index in [4.69, 9.17) is 0 Å². The Kier molecular flexibility index (Phi) is 8.96. The largest absolute Gasteiger partial charge is 0.351 e. The molecular weight excluding hydrogens is 214 g/mol. The van der Waals surface area contributed by atoms with Gasteiger partial charge in [0.2, 0.25) is 0 Å². The number of hydrogen-bond donors (Lipinski definition) is 2. The van der Waals surface area contributed by atoms with Crippen LogP contribution in [0.1, 0.15) is 38.1 Å². The van der Waals surface area contributed by atoms with Gasteiger partial charge in [0.1, 0.15) is 0 Å². The molecule has 96 valence electrons. The van der Waals surface area contributed by atoms with Crippen LogP contribution in [0, 0.1) is 0 Å². The molecule has 0 radical (unpaired) electrons. The fraction of sp³-hybridized carbons (Fsp3) is 0.538. The maximum atomic E-state index is 11.5. The van der Waals surface area contributed by atoms with Crippen molar-refractivity contribution in [1.29, 1.82) is 0 Å². The van der Waals surface area contributed by atoms with E-state index in [0.29, 0.717) is 18.2 Å². The van der Waals surface area contributed by atoms with Gasteiger partial charge < -0.3 is 10.6 Å². The fourth-order valence-electron chi connectivity index (χ4n) is 1.14. The minimum absolute atomic E-state index is 0.0528. The summed E-state index contributed by atoms with van der Waals surface area (Å²) in [6, 6.07) is 3.85. The van der Waals surface area contributed by atoms with E-state index < -0.39 is 0 Å². The minimum atomic E-state index is -0.0528. The van der Waals surface area contributed by atoms with Crippen LogP contribution in [0.15, 0.2) is 24.5 Å². The van der Waals surface area contributed by atoms with Crippen molar-refractivity contribution < 1.29 is 4.79 Å². The van der Waals surface area contributed by atoms with E-state index in [1.165, 1.54) is 0 Å². The first-order valence-corrected chi connectivity index (χ1v) is 6.12. The van der Waals surface area contributed by atoms with E-state index in [1.807, 2.05) is 13.8 Å². The van der Waals surface area contributed by atoms with Crippen LogP contribution in [-0.4, -0.2) is 30.0 Å². The smallest absolute Gasteiger partial charge is 0.251 e. The summed E-state index contributed by atoms with van der Waals surface area (Å²) in [4.78, 5) is 15.4. The number of nitrogens with one attached hydrogen (secondary N) is 2. The van der Waals surface area contributed by atoms with Crippen LogP contribution < -0.4 is 10.6 Å². The van der Waals surface area contributed by atoms with Gasteiger partial charge >= 0.3 is 0 Å². The van der Waals surface area contributed by atoms with Gasteiger partial charge in [-0.25, -0.2) is 0 Å². The summed E-state index contributed by atoms with van der Waals surface area (Å²) in [5.41, 5.74) is 0.648. The van der Waals surface area contributed by atoms with E-state index in [1.54, 1.807) is 24.5 Å². The average Bonchev–Trinajstić information content (AvgIpc) is 2.37. The van der Waals surface area contributed by atoms with Gasteiger partial charge in [-0.15, -0.1) is 0 Å². The van der Waals surface area contributed by atoms with E-state index in [9.17, 15) is 4.79 Å². The van der Waals surface area contributed by atoms with Gasteiger partial charge in [-0.1, -0.05) is 27.7 Å². The van der Waals surface area contributed by atoms with Crippen molar-refractivity contribution in [3.05, 3.63) is 30.1 Å². The highest BCUT2D eigenvalue weighted by Crippen LogP contribution is 1.94. The molecule has 0 aromatic carbocycles. The Labute approximate surface area is 104 Å². The van der Waals surface area contributed by atoms with Crippen LogP contribution in [0.4, 0.5) is 0 Å². The third-order valence-electron chi connectivity index (χ3n) is 1.91. The normalized spacial score (nSPS) is 9.47. The number of pyridine rings is 1. The molecule has 0 spiro atoms. The number of nitrogens with zero attached hydrogens (tertiary/aromatic N) is 1. The van der Waals surface area contributed by atoms with Crippen LogP contribution in [0.5, 0.6) is 0 Å². The van der Waals surface area contributed by atoms with Crippen molar-refractivity contribution in [3.8, 4) is 0 Å². The lowest BCUT2D eigenvalue weighted by atomic mass is 10.2. The highest BCUT2D eigenvalue weighted by molar-refractivity contribution is 5.93. The van der Waals surface area contributed by atoms with E-state index in [2.05, 4.69) is 29.5 Å². The molecule has 0 aliphatic carbocycles. The van der Waals surface area contributed by atoms with Crippen molar-refractivity contribution >= 4 is 5.91 Å². The van der Waals surface area contributed by atoms with Crippen molar-refractivity contribution in [2.24, 2.45) is 0 Å². The van der Waals surface area contributed by atoms with Crippen molar-refractivity contribution in [1.82, 2.24) is 15.6 Å². The molecule has 0 unspecified atom stereocenters. The van der Waals surface area contributed by atoms with Crippen LogP contribution in [-0.2, 0) is 0 Å². The van der Waals surface area contributed by atoms with E-state index >= 15 is 0 Å². The van der Waals surface area contributed by atoms with Crippen LogP contribution >= 0.6 is 0 Å². The molecular formula is C13H23N3O. The predicted molar refractivity (Wildman–Crippen MR) is 71.1 cm³/mol. The Morgan fingerprint density at radius 3 is 2.35 bits per heavy atom.